The van der Waals surface area contributed by atoms with E-state index in [0.717, 1.165) is 44.4 Å². The monoisotopic (exact) mass is 647 g/mol. The highest BCUT2D eigenvalue weighted by molar-refractivity contribution is 9.10. The zero-order chi connectivity index (χ0) is 28.7. The molecule has 1 saturated heterocycles. The number of halogens is 1. The van der Waals surface area contributed by atoms with Crippen molar-refractivity contribution < 1.29 is 31.9 Å². The Hall–Kier alpha value is -3.49. The zero-order valence-corrected chi connectivity index (χ0v) is 25.2. The largest absolute Gasteiger partial charge is 0.495 e. The molecule has 218 valence electrons. The van der Waals surface area contributed by atoms with Crippen LogP contribution in [-0.2, 0) is 14.8 Å². The van der Waals surface area contributed by atoms with Crippen molar-refractivity contribution in [3.05, 3.63) is 40.5 Å². The Bertz CT molecular complexity index is 1670. The first-order valence-corrected chi connectivity index (χ1v) is 15.5. The second-order valence-electron chi connectivity index (χ2n) is 9.94. The number of methoxy groups -OCH3 is 3. The van der Waals surface area contributed by atoms with Crippen LogP contribution in [0.2, 0.25) is 0 Å². The molecule has 4 aromatic rings. The summed E-state index contributed by atoms with van der Waals surface area (Å²) in [5.74, 6) is 1.80. The van der Waals surface area contributed by atoms with Crippen molar-refractivity contribution in [2.75, 3.05) is 38.0 Å². The summed E-state index contributed by atoms with van der Waals surface area (Å²) in [5.41, 5.74) is 2.10. The SMILES string of the molecule is COc1cc2c(NS(=O)(=O)c3c(OC)cc(Br)cc3OC)noc2cc1Nc1cc(C2CC2)n(C2CCCCO2)n1. The standard InChI is InChI=1S/C27H30BrN5O7S/c1-36-21-12-17-20(40-31-27(17)32-41(34,35)26-22(37-2)10-16(28)11-23(26)38-3)13-18(21)29-24-14-19(15-7-8-15)33(30-24)25-6-4-5-9-39-25/h10-15,25H,4-9H2,1-3H3,(H,29,30)(H,31,32). The second kappa shape index (κ2) is 11.1. The van der Waals surface area contributed by atoms with Gasteiger partial charge in [-0.05, 0) is 50.3 Å². The van der Waals surface area contributed by atoms with Gasteiger partial charge in [-0.2, -0.15) is 5.10 Å². The average molecular weight is 649 g/mol. The molecule has 14 heteroatoms. The predicted octanol–water partition coefficient (Wildman–Crippen LogP) is 5.93. The molecule has 6 rings (SSSR count). The van der Waals surface area contributed by atoms with Gasteiger partial charge >= 0.3 is 0 Å². The molecule has 1 aliphatic heterocycles. The van der Waals surface area contributed by atoms with Gasteiger partial charge in [0.2, 0.25) is 0 Å². The molecule has 1 saturated carbocycles. The van der Waals surface area contributed by atoms with E-state index >= 15 is 0 Å². The summed E-state index contributed by atoms with van der Waals surface area (Å²) in [6, 6.07) is 8.49. The Kier molecular flexibility index (Phi) is 7.47. The topological polar surface area (TPSA) is 139 Å². The maximum absolute atomic E-state index is 13.5. The van der Waals surface area contributed by atoms with E-state index in [2.05, 4.69) is 37.2 Å². The van der Waals surface area contributed by atoms with Crippen LogP contribution in [0, 0.1) is 0 Å². The molecule has 2 aromatic heterocycles. The maximum atomic E-state index is 13.5. The van der Waals surface area contributed by atoms with E-state index in [0.29, 0.717) is 38.6 Å². The van der Waals surface area contributed by atoms with Gasteiger partial charge in [0.05, 0.1) is 32.4 Å². The van der Waals surface area contributed by atoms with E-state index in [-0.39, 0.29) is 28.4 Å². The summed E-state index contributed by atoms with van der Waals surface area (Å²) in [6.07, 6.45) is 5.33. The number of hydrogen-bond acceptors (Lipinski definition) is 10. The van der Waals surface area contributed by atoms with Gasteiger partial charge in [-0.25, -0.2) is 13.1 Å². The highest BCUT2D eigenvalue weighted by Gasteiger charge is 2.32. The van der Waals surface area contributed by atoms with E-state index in [4.69, 9.17) is 28.6 Å². The van der Waals surface area contributed by atoms with Gasteiger partial charge in [0.25, 0.3) is 10.0 Å². The Labute approximate surface area is 245 Å². The highest BCUT2D eigenvalue weighted by Crippen LogP contribution is 2.44. The highest BCUT2D eigenvalue weighted by atomic mass is 79.9. The van der Waals surface area contributed by atoms with Crippen LogP contribution in [0.3, 0.4) is 0 Å². The maximum Gasteiger partial charge on any atom is 0.270 e. The first-order chi connectivity index (χ1) is 19.8. The Balaban J connectivity index is 1.31. The normalized spacial score (nSPS) is 17.4. The smallest absolute Gasteiger partial charge is 0.270 e. The van der Waals surface area contributed by atoms with E-state index in [1.807, 2.05) is 4.68 Å². The molecular formula is C27H30BrN5O7S. The number of anilines is 3. The molecule has 1 aliphatic carbocycles. The fraction of sp³-hybridized carbons (Fsp3) is 0.407. The minimum Gasteiger partial charge on any atom is -0.495 e. The van der Waals surface area contributed by atoms with E-state index < -0.39 is 10.0 Å². The van der Waals surface area contributed by atoms with Crippen molar-refractivity contribution in [1.29, 1.82) is 0 Å². The van der Waals surface area contributed by atoms with Gasteiger partial charge in [0, 0.05) is 34.8 Å². The molecule has 12 nitrogen and oxygen atoms in total. The summed E-state index contributed by atoms with van der Waals surface area (Å²) in [7, 11) is 0.0963. The summed E-state index contributed by atoms with van der Waals surface area (Å²) in [6.45, 7) is 0.737. The molecule has 3 heterocycles. The average Bonchev–Trinajstić information content (AvgIpc) is 3.63. The number of hydrogen-bond donors (Lipinski definition) is 2. The first-order valence-electron chi connectivity index (χ1n) is 13.2. The van der Waals surface area contributed by atoms with Crippen LogP contribution in [0.25, 0.3) is 11.0 Å². The molecule has 0 spiro atoms. The Morgan fingerprint density at radius 2 is 1.71 bits per heavy atom. The number of nitrogens with one attached hydrogen (secondary N) is 2. The molecule has 0 amide bonds. The van der Waals surface area contributed by atoms with Gasteiger partial charge in [-0.3, -0.25) is 4.72 Å². The third-order valence-corrected chi connectivity index (χ3v) is 9.03. The fourth-order valence-electron chi connectivity index (χ4n) is 5.03. The molecule has 41 heavy (non-hydrogen) atoms. The molecule has 2 N–H and O–H groups in total. The van der Waals surface area contributed by atoms with Crippen LogP contribution < -0.4 is 24.2 Å². The van der Waals surface area contributed by atoms with Crippen LogP contribution in [-0.4, -0.2) is 51.3 Å². The lowest BCUT2D eigenvalue weighted by Crippen LogP contribution is -2.20. The third-order valence-electron chi connectivity index (χ3n) is 7.17. The minimum absolute atomic E-state index is 0.00776. The molecule has 1 atom stereocenters. The summed E-state index contributed by atoms with van der Waals surface area (Å²) in [4.78, 5) is -0.170. The lowest BCUT2D eigenvalue weighted by atomic mass is 10.2. The Morgan fingerprint density at radius 3 is 2.34 bits per heavy atom. The van der Waals surface area contributed by atoms with Gasteiger partial charge in [-0.15, -0.1) is 0 Å². The van der Waals surface area contributed by atoms with Gasteiger partial charge < -0.3 is 28.8 Å². The molecule has 0 radical (unpaired) electrons. The zero-order valence-electron chi connectivity index (χ0n) is 22.8. The van der Waals surface area contributed by atoms with Crippen LogP contribution in [0.4, 0.5) is 17.3 Å². The van der Waals surface area contributed by atoms with Crippen molar-refractivity contribution in [3.63, 3.8) is 0 Å². The summed E-state index contributed by atoms with van der Waals surface area (Å²) >= 11 is 3.34. The van der Waals surface area contributed by atoms with Crippen molar-refractivity contribution in [1.82, 2.24) is 14.9 Å². The summed E-state index contributed by atoms with van der Waals surface area (Å²) in [5, 5.41) is 12.6. The number of ether oxygens (including phenoxy) is 4. The molecule has 2 fully saturated rings. The lowest BCUT2D eigenvalue weighted by Gasteiger charge is -2.24. The van der Waals surface area contributed by atoms with Crippen molar-refractivity contribution >= 4 is 54.2 Å². The summed E-state index contributed by atoms with van der Waals surface area (Å²) < 4.78 is 59.9. The van der Waals surface area contributed by atoms with E-state index in [1.54, 1.807) is 12.1 Å². The van der Waals surface area contributed by atoms with Crippen molar-refractivity contribution in [3.8, 4) is 17.2 Å². The van der Waals surface area contributed by atoms with Gasteiger partial charge in [0.15, 0.2) is 28.3 Å². The second-order valence-corrected chi connectivity index (χ2v) is 12.5. The quantitative estimate of drug-likeness (QED) is 0.213. The van der Waals surface area contributed by atoms with Crippen molar-refractivity contribution in [2.45, 2.75) is 49.1 Å². The van der Waals surface area contributed by atoms with Crippen molar-refractivity contribution in [2.24, 2.45) is 0 Å². The molecule has 2 aromatic carbocycles. The number of rotatable bonds is 10. The third kappa shape index (κ3) is 5.43. The minimum atomic E-state index is -4.19. The molecule has 1 unspecified atom stereocenters. The van der Waals surface area contributed by atoms with Crippen LogP contribution in [0.15, 0.2) is 44.2 Å². The molecule has 2 aliphatic rings. The van der Waals surface area contributed by atoms with Gasteiger partial charge in [0.1, 0.15) is 17.2 Å². The predicted molar refractivity (Wildman–Crippen MR) is 155 cm³/mol. The number of fused-ring (bicyclic) bond motifs is 1. The number of nitrogens with zero attached hydrogens (tertiary/aromatic N) is 3. The first kappa shape index (κ1) is 27.7. The number of benzene rings is 2. The van der Waals surface area contributed by atoms with E-state index in [1.165, 1.54) is 33.5 Å². The fourth-order valence-corrected chi connectivity index (χ4v) is 6.77. The Morgan fingerprint density at radius 1 is 0.976 bits per heavy atom. The number of aromatic nitrogens is 3. The van der Waals surface area contributed by atoms with Crippen LogP contribution >= 0.6 is 15.9 Å². The number of sulfonamides is 1. The lowest BCUT2D eigenvalue weighted by molar-refractivity contribution is -0.0409. The molecular weight excluding hydrogens is 618 g/mol. The molecule has 0 bridgehead atoms. The van der Waals surface area contributed by atoms with E-state index in [9.17, 15) is 8.42 Å². The van der Waals surface area contributed by atoms with Gasteiger partial charge in [-0.1, -0.05) is 21.1 Å². The van der Waals surface area contributed by atoms with Crippen LogP contribution in [0.1, 0.15) is 49.9 Å². The van der Waals surface area contributed by atoms with Crippen LogP contribution in [0.5, 0.6) is 17.2 Å².